The van der Waals surface area contributed by atoms with Gasteiger partial charge in [0.15, 0.2) is 0 Å². The van der Waals surface area contributed by atoms with Gasteiger partial charge in [0.05, 0.1) is 0 Å². The van der Waals surface area contributed by atoms with Crippen LogP contribution in [0.2, 0.25) is 0 Å². The van der Waals surface area contributed by atoms with Crippen LogP contribution in [0.5, 0.6) is 5.75 Å². The lowest BCUT2D eigenvalue weighted by Crippen LogP contribution is -2.30. The number of rotatable bonds is 6. The molecule has 1 amide bonds. The summed E-state index contributed by atoms with van der Waals surface area (Å²) in [6.07, 6.45) is 0. The normalized spacial score (nSPS) is 10.4. The molecule has 94 valence electrons. The summed E-state index contributed by atoms with van der Waals surface area (Å²) < 4.78 is 27.9. The first-order chi connectivity index (χ1) is 8.13. The van der Waals surface area contributed by atoms with Crippen LogP contribution in [0.4, 0.5) is 8.78 Å². The Labute approximate surface area is 98.0 Å². The summed E-state index contributed by atoms with van der Waals surface area (Å²) in [5, 5.41) is 5.56. The second-order valence-corrected chi connectivity index (χ2v) is 3.26. The smallest absolute Gasteiger partial charge is 0.387 e. The van der Waals surface area contributed by atoms with E-state index in [1.165, 1.54) is 24.3 Å². The molecule has 1 aromatic rings. The predicted molar refractivity (Wildman–Crippen MR) is 59.3 cm³/mol. The van der Waals surface area contributed by atoms with Crippen molar-refractivity contribution in [2.45, 2.75) is 6.61 Å². The van der Waals surface area contributed by atoms with Crippen LogP contribution in [0.25, 0.3) is 0 Å². The Balaban J connectivity index is 2.52. The highest BCUT2D eigenvalue weighted by Crippen LogP contribution is 2.14. The van der Waals surface area contributed by atoms with E-state index in [2.05, 4.69) is 15.4 Å². The lowest BCUT2D eigenvalue weighted by atomic mass is 10.2. The molecule has 0 heterocycles. The van der Waals surface area contributed by atoms with Crippen LogP contribution in [0.3, 0.4) is 0 Å². The van der Waals surface area contributed by atoms with Crippen molar-refractivity contribution in [2.24, 2.45) is 0 Å². The second kappa shape index (κ2) is 6.80. The maximum atomic E-state index is 11.9. The van der Waals surface area contributed by atoms with Gasteiger partial charge in [0.2, 0.25) is 0 Å². The van der Waals surface area contributed by atoms with Crippen LogP contribution in [0.15, 0.2) is 24.3 Å². The van der Waals surface area contributed by atoms with Gasteiger partial charge in [0.1, 0.15) is 5.75 Å². The van der Waals surface area contributed by atoms with E-state index in [1.54, 1.807) is 7.05 Å². The molecule has 0 saturated heterocycles. The SMILES string of the molecule is CNCCNC(=O)c1ccc(OC(F)F)cc1. The Kier molecular flexibility index (Phi) is 5.35. The number of hydrogen-bond acceptors (Lipinski definition) is 3. The molecule has 17 heavy (non-hydrogen) atoms. The zero-order valence-corrected chi connectivity index (χ0v) is 9.37. The second-order valence-electron chi connectivity index (χ2n) is 3.26. The third-order valence-corrected chi connectivity index (χ3v) is 2.00. The Morgan fingerprint density at radius 1 is 1.29 bits per heavy atom. The van der Waals surface area contributed by atoms with E-state index in [-0.39, 0.29) is 11.7 Å². The molecule has 0 bridgehead atoms. The monoisotopic (exact) mass is 244 g/mol. The van der Waals surface area contributed by atoms with Crippen molar-refractivity contribution in [3.05, 3.63) is 29.8 Å². The summed E-state index contributed by atoms with van der Waals surface area (Å²) >= 11 is 0. The van der Waals surface area contributed by atoms with E-state index in [9.17, 15) is 13.6 Å². The number of amides is 1. The first-order valence-electron chi connectivity index (χ1n) is 5.11. The van der Waals surface area contributed by atoms with Gasteiger partial charge in [-0.05, 0) is 31.3 Å². The Hall–Kier alpha value is -1.69. The van der Waals surface area contributed by atoms with E-state index >= 15 is 0 Å². The van der Waals surface area contributed by atoms with Crippen LogP contribution in [0.1, 0.15) is 10.4 Å². The van der Waals surface area contributed by atoms with Crippen molar-refractivity contribution in [3.8, 4) is 5.75 Å². The van der Waals surface area contributed by atoms with Gasteiger partial charge in [-0.1, -0.05) is 0 Å². The molecule has 0 saturated carbocycles. The summed E-state index contributed by atoms with van der Waals surface area (Å²) in [5.41, 5.74) is 0.405. The van der Waals surface area contributed by atoms with E-state index < -0.39 is 6.61 Å². The summed E-state index contributed by atoms with van der Waals surface area (Å²) in [6.45, 7) is -1.69. The fraction of sp³-hybridized carbons (Fsp3) is 0.364. The zero-order chi connectivity index (χ0) is 12.7. The number of alkyl halides is 2. The standard InChI is InChI=1S/C11H14F2N2O2/c1-14-6-7-15-10(16)8-2-4-9(5-3-8)17-11(12)13/h2-5,11,14H,6-7H2,1H3,(H,15,16). The van der Waals surface area contributed by atoms with Gasteiger partial charge in [0, 0.05) is 18.7 Å². The maximum absolute atomic E-state index is 11.9. The largest absolute Gasteiger partial charge is 0.435 e. The molecule has 6 heteroatoms. The van der Waals surface area contributed by atoms with Gasteiger partial charge in [-0.3, -0.25) is 4.79 Å². The van der Waals surface area contributed by atoms with Crippen molar-refractivity contribution in [2.75, 3.05) is 20.1 Å². The van der Waals surface area contributed by atoms with E-state index in [4.69, 9.17) is 0 Å². The van der Waals surface area contributed by atoms with Crippen molar-refractivity contribution < 1.29 is 18.3 Å². The Bertz CT molecular complexity index is 355. The fourth-order valence-electron chi connectivity index (χ4n) is 1.19. The highest BCUT2D eigenvalue weighted by Gasteiger charge is 2.07. The average Bonchev–Trinajstić information content (AvgIpc) is 2.29. The minimum absolute atomic E-state index is 0.0341. The van der Waals surface area contributed by atoms with Gasteiger partial charge >= 0.3 is 6.61 Å². The number of ether oxygens (including phenoxy) is 1. The van der Waals surface area contributed by atoms with Crippen molar-refractivity contribution in [1.82, 2.24) is 10.6 Å². The van der Waals surface area contributed by atoms with Crippen LogP contribution in [-0.2, 0) is 0 Å². The molecule has 0 aliphatic carbocycles. The molecule has 2 N–H and O–H groups in total. The summed E-state index contributed by atoms with van der Waals surface area (Å²) in [5.74, 6) is -0.212. The molecule has 4 nitrogen and oxygen atoms in total. The highest BCUT2D eigenvalue weighted by atomic mass is 19.3. The number of carbonyl (C=O) groups is 1. The highest BCUT2D eigenvalue weighted by molar-refractivity contribution is 5.94. The minimum Gasteiger partial charge on any atom is -0.435 e. The molecule has 0 aliphatic rings. The third-order valence-electron chi connectivity index (χ3n) is 2.00. The average molecular weight is 244 g/mol. The van der Waals surface area contributed by atoms with Crippen LogP contribution >= 0.6 is 0 Å². The molecule has 0 unspecified atom stereocenters. The summed E-state index contributed by atoms with van der Waals surface area (Å²) in [7, 11) is 1.78. The maximum Gasteiger partial charge on any atom is 0.387 e. The first kappa shape index (κ1) is 13.4. The van der Waals surface area contributed by atoms with Gasteiger partial charge < -0.3 is 15.4 Å². The molecule has 1 rings (SSSR count). The molecule has 0 aliphatic heterocycles. The number of likely N-dealkylation sites (N-methyl/N-ethyl adjacent to an activating group) is 1. The van der Waals surface area contributed by atoms with Gasteiger partial charge in [0.25, 0.3) is 5.91 Å². The first-order valence-corrected chi connectivity index (χ1v) is 5.11. The van der Waals surface area contributed by atoms with Crippen molar-refractivity contribution in [3.63, 3.8) is 0 Å². The van der Waals surface area contributed by atoms with Gasteiger partial charge in [-0.2, -0.15) is 8.78 Å². The minimum atomic E-state index is -2.86. The summed E-state index contributed by atoms with van der Waals surface area (Å²) in [6, 6.07) is 5.54. The van der Waals surface area contributed by atoms with E-state index in [0.29, 0.717) is 18.7 Å². The third kappa shape index (κ3) is 4.78. The lowest BCUT2D eigenvalue weighted by Gasteiger charge is -2.06. The fourth-order valence-corrected chi connectivity index (χ4v) is 1.19. The summed E-state index contributed by atoms with van der Waals surface area (Å²) in [4.78, 5) is 11.5. The number of carbonyl (C=O) groups excluding carboxylic acids is 1. The van der Waals surface area contributed by atoms with E-state index in [1.807, 2.05) is 0 Å². The van der Waals surface area contributed by atoms with E-state index in [0.717, 1.165) is 0 Å². The zero-order valence-electron chi connectivity index (χ0n) is 9.37. The molecule has 1 aromatic carbocycles. The molecular formula is C11H14F2N2O2. The quantitative estimate of drug-likeness (QED) is 0.740. The van der Waals surface area contributed by atoms with Crippen molar-refractivity contribution >= 4 is 5.91 Å². The molecule has 0 atom stereocenters. The number of benzene rings is 1. The Morgan fingerprint density at radius 2 is 1.94 bits per heavy atom. The molecule has 0 radical (unpaired) electrons. The van der Waals surface area contributed by atoms with Gasteiger partial charge in [-0.25, -0.2) is 0 Å². The Morgan fingerprint density at radius 3 is 2.47 bits per heavy atom. The number of nitrogens with one attached hydrogen (secondary N) is 2. The lowest BCUT2D eigenvalue weighted by molar-refractivity contribution is -0.0498. The molecule has 0 aromatic heterocycles. The topological polar surface area (TPSA) is 50.4 Å². The predicted octanol–water partition coefficient (Wildman–Crippen LogP) is 1.24. The van der Waals surface area contributed by atoms with Crippen LogP contribution < -0.4 is 15.4 Å². The van der Waals surface area contributed by atoms with Crippen LogP contribution in [-0.4, -0.2) is 32.7 Å². The molecular weight excluding hydrogens is 230 g/mol. The van der Waals surface area contributed by atoms with Crippen molar-refractivity contribution in [1.29, 1.82) is 0 Å². The molecule has 0 fully saturated rings. The number of hydrogen-bond donors (Lipinski definition) is 2. The number of halogens is 2. The molecule has 0 spiro atoms. The van der Waals surface area contributed by atoms with Gasteiger partial charge in [-0.15, -0.1) is 0 Å². The van der Waals surface area contributed by atoms with Crippen LogP contribution in [0, 0.1) is 0 Å².